The number of unbranched alkanes of at least 4 members (excludes halogenated alkanes) is 6. The predicted molar refractivity (Wildman–Crippen MR) is 87.7 cm³/mol. The molecule has 0 unspecified atom stereocenters. The van der Waals surface area contributed by atoms with Gasteiger partial charge in [0.15, 0.2) is 0 Å². The fraction of sp³-hybridized carbons (Fsp3) is 0.889. The van der Waals surface area contributed by atoms with Crippen molar-refractivity contribution in [3.63, 3.8) is 0 Å². The number of nitrogens with zero attached hydrogens (tertiary/aromatic N) is 1. The first-order valence-corrected chi connectivity index (χ1v) is 8.46. The Bertz CT molecular complexity index is 206. The van der Waals surface area contributed by atoms with Crippen molar-refractivity contribution in [1.29, 1.82) is 0 Å². The quantitative estimate of drug-likeness (QED) is 0.292. The zero-order chi connectivity index (χ0) is 14.4. The van der Waals surface area contributed by atoms with Gasteiger partial charge in [0.1, 0.15) is 0 Å². The molecule has 0 atom stereocenters. The first kappa shape index (κ1) is 18.7. The Balaban J connectivity index is 3.28. The van der Waals surface area contributed by atoms with Crippen LogP contribution in [0.25, 0.3) is 0 Å². The molecule has 0 aliphatic rings. The summed E-state index contributed by atoms with van der Waals surface area (Å²) in [5.74, 6) is 0. The van der Waals surface area contributed by atoms with Crippen LogP contribution in [-0.2, 0) is 0 Å². The fourth-order valence-electron chi connectivity index (χ4n) is 2.30. The van der Waals surface area contributed by atoms with Crippen LogP contribution in [-0.4, -0.2) is 12.1 Å². The summed E-state index contributed by atoms with van der Waals surface area (Å²) in [6.07, 6.45) is 17.8. The Morgan fingerprint density at radius 1 is 0.842 bits per heavy atom. The monoisotopic (exact) mass is 266 g/mol. The minimum absolute atomic E-state index is 0.209. The van der Waals surface area contributed by atoms with E-state index in [0.29, 0.717) is 0 Å². The fourth-order valence-corrected chi connectivity index (χ4v) is 2.30. The van der Waals surface area contributed by atoms with Crippen molar-refractivity contribution in [3.05, 3.63) is 12.2 Å². The average Bonchev–Trinajstić information content (AvgIpc) is 2.38. The van der Waals surface area contributed by atoms with Crippen LogP contribution >= 0.6 is 0 Å². The molecule has 0 aliphatic heterocycles. The third-order valence-corrected chi connectivity index (χ3v) is 3.58. The molecule has 0 aliphatic carbocycles. The van der Waals surface area contributed by atoms with Gasteiger partial charge < -0.3 is 0 Å². The molecular weight excluding hydrogens is 230 g/mol. The Morgan fingerprint density at radius 3 is 2.11 bits per heavy atom. The molecule has 0 bridgehead atoms. The lowest BCUT2D eigenvalue weighted by molar-refractivity contribution is 0.340. The van der Waals surface area contributed by atoms with Crippen molar-refractivity contribution in [3.8, 4) is 0 Å². The van der Waals surface area contributed by atoms with E-state index in [2.05, 4.69) is 39.8 Å². The predicted octanol–water partition coefficient (Wildman–Crippen LogP) is 5.87. The van der Waals surface area contributed by atoms with Crippen LogP contribution in [0.4, 0.5) is 0 Å². The molecule has 0 spiro atoms. The maximum atomic E-state index is 4.74. The van der Waals surface area contributed by atoms with Crippen molar-refractivity contribution in [2.45, 2.75) is 97.4 Å². The van der Waals surface area contributed by atoms with Crippen molar-refractivity contribution in [2.24, 2.45) is 0 Å². The van der Waals surface area contributed by atoms with Crippen LogP contribution in [0.3, 0.4) is 0 Å². The number of hydrogen-bond acceptors (Lipinski definition) is 0. The molecule has 1 heteroatoms. The maximum Gasteiger partial charge on any atom is 0.0300 e. The SMILES string of the molecule is CC/C=C/CCCCCCCCC(C)(C)[N]CCC. The van der Waals surface area contributed by atoms with Gasteiger partial charge in [-0.25, -0.2) is 5.32 Å². The summed E-state index contributed by atoms with van der Waals surface area (Å²) in [6, 6.07) is 0. The van der Waals surface area contributed by atoms with E-state index >= 15 is 0 Å². The molecule has 0 amide bonds. The molecule has 0 aromatic carbocycles. The van der Waals surface area contributed by atoms with Crippen LogP contribution in [0.5, 0.6) is 0 Å². The van der Waals surface area contributed by atoms with Gasteiger partial charge in [-0.15, -0.1) is 0 Å². The van der Waals surface area contributed by atoms with Gasteiger partial charge in [0, 0.05) is 12.1 Å². The van der Waals surface area contributed by atoms with Gasteiger partial charge in [0.25, 0.3) is 0 Å². The van der Waals surface area contributed by atoms with E-state index in [0.717, 1.165) is 6.54 Å². The second-order valence-corrected chi connectivity index (χ2v) is 6.23. The van der Waals surface area contributed by atoms with Crippen LogP contribution in [0.2, 0.25) is 0 Å². The standard InChI is InChI=1S/C18H36N/c1-5-7-8-9-10-11-12-13-14-15-16-18(3,4)19-17-6-2/h7-8H,5-6,9-17H2,1-4H3/b8-7+. The summed E-state index contributed by atoms with van der Waals surface area (Å²) in [5.41, 5.74) is 0.209. The van der Waals surface area contributed by atoms with Crippen LogP contribution in [0, 0.1) is 0 Å². The van der Waals surface area contributed by atoms with Gasteiger partial charge >= 0.3 is 0 Å². The molecule has 0 aromatic rings. The lowest BCUT2D eigenvalue weighted by atomic mass is 9.96. The average molecular weight is 266 g/mol. The minimum Gasteiger partial charge on any atom is -0.236 e. The van der Waals surface area contributed by atoms with E-state index in [1.165, 1.54) is 64.2 Å². The third-order valence-electron chi connectivity index (χ3n) is 3.58. The zero-order valence-corrected chi connectivity index (χ0v) is 13.9. The van der Waals surface area contributed by atoms with Gasteiger partial charge in [0.05, 0.1) is 0 Å². The van der Waals surface area contributed by atoms with E-state index in [-0.39, 0.29) is 5.54 Å². The number of allylic oxidation sites excluding steroid dienone is 2. The van der Waals surface area contributed by atoms with E-state index < -0.39 is 0 Å². The first-order chi connectivity index (χ1) is 9.12. The largest absolute Gasteiger partial charge is 0.236 e. The Hall–Kier alpha value is -0.300. The normalized spacial score (nSPS) is 12.4. The molecule has 19 heavy (non-hydrogen) atoms. The van der Waals surface area contributed by atoms with Crippen LogP contribution in [0.15, 0.2) is 12.2 Å². The van der Waals surface area contributed by atoms with Crippen molar-refractivity contribution in [1.82, 2.24) is 5.32 Å². The molecule has 0 heterocycles. The van der Waals surface area contributed by atoms with E-state index in [4.69, 9.17) is 5.32 Å². The molecule has 0 fully saturated rings. The summed E-state index contributed by atoms with van der Waals surface area (Å²) in [7, 11) is 0. The summed E-state index contributed by atoms with van der Waals surface area (Å²) >= 11 is 0. The van der Waals surface area contributed by atoms with Crippen molar-refractivity contribution < 1.29 is 0 Å². The molecule has 0 saturated heterocycles. The summed E-state index contributed by atoms with van der Waals surface area (Å²) in [5, 5.41) is 4.74. The van der Waals surface area contributed by atoms with E-state index in [1.807, 2.05) is 0 Å². The summed E-state index contributed by atoms with van der Waals surface area (Å²) < 4.78 is 0. The summed E-state index contributed by atoms with van der Waals surface area (Å²) in [4.78, 5) is 0. The van der Waals surface area contributed by atoms with E-state index in [1.54, 1.807) is 0 Å². The highest BCUT2D eigenvalue weighted by Crippen LogP contribution is 2.16. The topological polar surface area (TPSA) is 14.1 Å². The number of hydrogen-bond donors (Lipinski definition) is 0. The highest BCUT2D eigenvalue weighted by Gasteiger charge is 2.16. The van der Waals surface area contributed by atoms with Crippen LogP contribution in [0.1, 0.15) is 91.9 Å². The van der Waals surface area contributed by atoms with E-state index in [9.17, 15) is 0 Å². The third kappa shape index (κ3) is 13.9. The molecule has 1 nitrogen and oxygen atoms in total. The lowest BCUT2D eigenvalue weighted by Crippen LogP contribution is -2.33. The Morgan fingerprint density at radius 2 is 1.47 bits per heavy atom. The van der Waals surface area contributed by atoms with Gasteiger partial charge in [-0.3, -0.25) is 0 Å². The van der Waals surface area contributed by atoms with Crippen molar-refractivity contribution >= 4 is 0 Å². The lowest BCUT2D eigenvalue weighted by Gasteiger charge is -2.24. The molecule has 0 aromatic heterocycles. The van der Waals surface area contributed by atoms with Gasteiger partial charge in [-0.1, -0.05) is 58.1 Å². The highest BCUT2D eigenvalue weighted by molar-refractivity contribution is 4.79. The number of rotatable bonds is 13. The molecule has 1 radical (unpaired) electrons. The van der Waals surface area contributed by atoms with Gasteiger partial charge in [0.2, 0.25) is 0 Å². The van der Waals surface area contributed by atoms with Gasteiger partial charge in [-0.2, -0.15) is 0 Å². The molecule has 0 saturated carbocycles. The highest BCUT2D eigenvalue weighted by atomic mass is 14.9. The second-order valence-electron chi connectivity index (χ2n) is 6.23. The van der Waals surface area contributed by atoms with Gasteiger partial charge in [-0.05, 0) is 46.0 Å². The molecule has 0 rings (SSSR count). The second kappa shape index (κ2) is 12.7. The molecule has 113 valence electrons. The zero-order valence-electron chi connectivity index (χ0n) is 13.9. The minimum atomic E-state index is 0.209. The Labute approximate surface area is 122 Å². The van der Waals surface area contributed by atoms with Crippen LogP contribution < -0.4 is 5.32 Å². The molecular formula is C18H36N. The smallest absolute Gasteiger partial charge is 0.0300 e. The maximum absolute atomic E-state index is 4.74. The van der Waals surface area contributed by atoms with Crippen molar-refractivity contribution in [2.75, 3.05) is 6.54 Å². The summed E-state index contributed by atoms with van der Waals surface area (Å²) in [6.45, 7) is 9.99. The first-order valence-electron chi connectivity index (χ1n) is 8.46. The Kier molecular flexibility index (Phi) is 12.5. The molecule has 0 N–H and O–H groups in total.